The van der Waals surface area contributed by atoms with Crippen LogP contribution >= 0.6 is 11.8 Å². The quantitative estimate of drug-likeness (QED) is 0.248. The van der Waals surface area contributed by atoms with Gasteiger partial charge in [-0.25, -0.2) is 4.79 Å². The standard InChI is InChI=1S/C24H43NO3S/c1-4-10-20(26)13-8-6-5-7-11-19-12-9-14-22-21(19)17-23(18(2)25-22)28-24(27)15-16-29-3/h15-16,18-23,25-26H,4-14,17H2,1-3H3/b16-15+/t18-,19+,20+,21-,22+,23-/m1/s1. The lowest BCUT2D eigenvalue weighted by Crippen LogP contribution is -2.57. The van der Waals surface area contributed by atoms with Crippen molar-refractivity contribution in [3.63, 3.8) is 0 Å². The van der Waals surface area contributed by atoms with E-state index in [4.69, 9.17) is 4.74 Å². The predicted molar refractivity (Wildman–Crippen MR) is 123 cm³/mol. The molecule has 0 amide bonds. The Morgan fingerprint density at radius 1 is 1.24 bits per heavy atom. The summed E-state index contributed by atoms with van der Waals surface area (Å²) in [6.07, 6.45) is 17.5. The number of hydrogen-bond acceptors (Lipinski definition) is 5. The molecule has 1 aliphatic carbocycles. The van der Waals surface area contributed by atoms with Crippen molar-refractivity contribution >= 4 is 17.7 Å². The van der Waals surface area contributed by atoms with Crippen LogP contribution < -0.4 is 5.32 Å². The zero-order valence-electron chi connectivity index (χ0n) is 18.8. The summed E-state index contributed by atoms with van der Waals surface area (Å²) in [4.78, 5) is 12.1. The Bertz CT molecular complexity index is 499. The number of hydrogen-bond donors (Lipinski definition) is 2. The molecule has 0 radical (unpaired) electrons. The van der Waals surface area contributed by atoms with Gasteiger partial charge in [0.25, 0.3) is 0 Å². The van der Waals surface area contributed by atoms with Gasteiger partial charge in [0, 0.05) is 18.2 Å². The lowest BCUT2D eigenvalue weighted by atomic mass is 9.68. The van der Waals surface area contributed by atoms with Gasteiger partial charge in [-0.2, -0.15) is 0 Å². The molecule has 1 heterocycles. The van der Waals surface area contributed by atoms with Gasteiger partial charge in [0.15, 0.2) is 0 Å². The summed E-state index contributed by atoms with van der Waals surface area (Å²) in [5.74, 6) is 1.17. The van der Waals surface area contributed by atoms with Crippen LogP contribution in [-0.2, 0) is 9.53 Å². The van der Waals surface area contributed by atoms with Gasteiger partial charge in [0.05, 0.1) is 6.10 Å². The highest BCUT2D eigenvalue weighted by atomic mass is 32.2. The fourth-order valence-corrected chi connectivity index (χ4v) is 5.52. The zero-order valence-corrected chi connectivity index (χ0v) is 19.6. The molecule has 1 saturated carbocycles. The average Bonchev–Trinajstić information content (AvgIpc) is 2.70. The molecule has 1 aliphatic heterocycles. The molecule has 0 aromatic rings. The Morgan fingerprint density at radius 2 is 2.03 bits per heavy atom. The van der Waals surface area contributed by atoms with E-state index >= 15 is 0 Å². The fraction of sp³-hybridized carbons (Fsp3) is 0.875. The average molecular weight is 426 g/mol. The molecule has 6 atom stereocenters. The van der Waals surface area contributed by atoms with Gasteiger partial charge in [-0.3, -0.25) is 0 Å². The van der Waals surface area contributed by atoms with Gasteiger partial charge in [-0.15, -0.1) is 11.8 Å². The van der Waals surface area contributed by atoms with Crippen molar-refractivity contribution in [1.29, 1.82) is 0 Å². The Balaban J connectivity index is 1.75. The maximum atomic E-state index is 12.1. The molecule has 5 heteroatoms. The molecule has 1 saturated heterocycles. The van der Waals surface area contributed by atoms with Crippen molar-refractivity contribution in [3.8, 4) is 0 Å². The molecular formula is C24H43NO3S. The van der Waals surface area contributed by atoms with Gasteiger partial charge in [0.1, 0.15) is 6.10 Å². The van der Waals surface area contributed by atoms with Crippen molar-refractivity contribution in [3.05, 3.63) is 11.5 Å². The summed E-state index contributed by atoms with van der Waals surface area (Å²) in [5.41, 5.74) is 0. The minimum absolute atomic E-state index is 0.0177. The number of thioether (sulfide) groups is 1. The summed E-state index contributed by atoms with van der Waals surface area (Å²) in [7, 11) is 0. The van der Waals surface area contributed by atoms with E-state index in [1.54, 1.807) is 11.5 Å². The number of aliphatic hydroxyl groups is 1. The Morgan fingerprint density at radius 3 is 2.79 bits per heavy atom. The number of esters is 1. The SMILES string of the molecule is CCC[C@H](O)CCCCCC[C@H]1CCC[C@@H]2N[C@H](C)[C@H](OC(=O)/C=C/SC)C[C@H]12. The molecule has 0 spiro atoms. The fourth-order valence-electron chi connectivity index (χ4n) is 5.28. The maximum Gasteiger partial charge on any atom is 0.331 e. The van der Waals surface area contributed by atoms with Gasteiger partial charge in [-0.1, -0.05) is 58.3 Å². The summed E-state index contributed by atoms with van der Waals surface area (Å²) in [6.45, 7) is 4.29. The number of fused-ring (bicyclic) bond motifs is 1. The minimum atomic E-state index is -0.214. The second kappa shape index (κ2) is 13.7. The second-order valence-electron chi connectivity index (χ2n) is 9.10. The first-order valence-electron chi connectivity index (χ1n) is 11.9. The van der Waals surface area contributed by atoms with E-state index in [0.717, 1.165) is 38.0 Å². The first-order valence-corrected chi connectivity index (χ1v) is 13.2. The van der Waals surface area contributed by atoms with E-state index in [1.165, 1.54) is 56.7 Å². The maximum absolute atomic E-state index is 12.1. The molecular weight excluding hydrogens is 382 g/mol. The summed E-state index contributed by atoms with van der Waals surface area (Å²) in [5, 5.41) is 15.4. The molecule has 29 heavy (non-hydrogen) atoms. The second-order valence-corrected chi connectivity index (χ2v) is 9.84. The van der Waals surface area contributed by atoms with Crippen LogP contribution in [0.2, 0.25) is 0 Å². The summed E-state index contributed by atoms with van der Waals surface area (Å²) in [6, 6.07) is 0.820. The Kier molecular flexibility index (Phi) is 11.7. The van der Waals surface area contributed by atoms with Gasteiger partial charge in [-0.05, 0) is 56.1 Å². The third kappa shape index (κ3) is 8.63. The molecule has 2 N–H and O–H groups in total. The van der Waals surface area contributed by atoms with Crippen molar-refractivity contribution in [2.45, 2.75) is 115 Å². The molecule has 0 unspecified atom stereocenters. The van der Waals surface area contributed by atoms with Crippen LogP contribution in [0.25, 0.3) is 0 Å². The lowest BCUT2D eigenvalue weighted by molar-refractivity contribution is -0.148. The van der Waals surface area contributed by atoms with Crippen LogP contribution in [-0.4, -0.2) is 41.6 Å². The van der Waals surface area contributed by atoms with Crippen LogP contribution in [0, 0.1) is 11.8 Å². The topological polar surface area (TPSA) is 58.6 Å². The highest BCUT2D eigenvalue weighted by Gasteiger charge is 2.41. The monoisotopic (exact) mass is 425 g/mol. The molecule has 0 bridgehead atoms. The first-order chi connectivity index (χ1) is 14.0. The number of ether oxygens (including phenoxy) is 1. The van der Waals surface area contributed by atoms with Crippen molar-refractivity contribution in [2.75, 3.05) is 6.26 Å². The van der Waals surface area contributed by atoms with Crippen molar-refractivity contribution in [1.82, 2.24) is 5.32 Å². The number of aliphatic hydroxyl groups excluding tert-OH is 1. The molecule has 4 nitrogen and oxygen atoms in total. The summed E-state index contributed by atoms with van der Waals surface area (Å²) >= 11 is 1.52. The van der Waals surface area contributed by atoms with E-state index < -0.39 is 0 Å². The largest absolute Gasteiger partial charge is 0.458 e. The van der Waals surface area contributed by atoms with E-state index in [-0.39, 0.29) is 24.2 Å². The lowest BCUT2D eigenvalue weighted by Gasteiger charge is -2.47. The molecule has 2 rings (SSSR count). The van der Waals surface area contributed by atoms with Crippen LogP contribution in [0.15, 0.2) is 11.5 Å². The van der Waals surface area contributed by atoms with E-state index in [1.807, 2.05) is 6.26 Å². The highest BCUT2D eigenvalue weighted by molar-refractivity contribution is 8.01. The van der Waals surface area contributed by atoms with Crippen molar-refractivity contribution in [2.24, 2.45) is 11.8 Å². The molecule has 0 aromatic carbocycles. The molecule has 2 aliphatic rings. The normalized spacial score (nSPS) is 30.8. The number of nitrogens with one attached hydrogen (secondary N) is 1. The number of piperidine rings is 1. The van der Waals surface area contributed by atoms with Crippen molar-refractivity contribution < 1.29 is 14.6 Å². The number of unbranched alkanes of at least 4 members (excludes halogenated alkanes) is 3. The Hall–Kier alpha value is -0.520. The molecule has 168 valence electrons. The van der Waals surface area contributed by atoms with E-state index in [2.05, 4.69) is 19.2 Å². The highest BCUT2D eigenvalue weighted by Crippen LogP contribution is 2.40. The van der Waals surface area contributed by atoms with Crippen LogP contribution in [0.5, 0.6) is 0 Å². The number of carbonyl (C=O) groups excluding carboxylic acids is 1. The van der Waals surface area contributed by atoms with Crippen LogP contribution in [0.4, 0.5) is 0 Å². The Labute approximate surface area is 182 Å². The van der Waals surface area contributed by atoms with Crippen LogP contribution in [0.1, 0.15) is 90.9 Å². The van der Waals surface area contributed by atoms with E-state index in [0.29, 0.717) is 12.0 Å². The van der Waals surface area contributed by atoms with Crippen LogP contribution in [0.3, 0.4) is 0 Å². The van der Waals surface area contributed by atoms with E-state index in [9.17, 15) is 9.90 Å². The smallest absolute Gasteiger partial charge is 0.331 e. The number of carbonyl (C=O) groups is 1. The molecule has 0 aromatic heterocycles. The first kappa shape index (κ1) is 24.7. The third-order valence-corrected chi connectivity index (χ3v) is 7.25. The number of rotatable bonds is 12. The minimum Gasteiger partial charge on any atom is -0.458 e. The zero-order chi connectivity index (χ0) is 21.1. The predicted octanol–water partition coefficient (Wildman–Crippen LogP) is 5.44. The third-order valence-electron chi connectivity index (χ3n) is 6.84. The van der Waals surface area contributed by atoms with Gasteiger partial charge >= 0.3 is 5.97 Å². The van der Waals surface area contributed by atoms with Gasteiger partial charge in [0.2, 0.25) is 0 Å². The van der Waals surface area contributed by atoms with Gasteiger partial charge < -0.3 is 15.2 Å². The summed E-state index contributed by atoms with van der Waals surface area (Å²) < 4.78 is 5.78. The molecule has 2 fully saturated rings.